The molecule has 0 aliphatic heterocycles. The second kappa shape index (κ2) is 5.19. The van der Waals surface area contributed by atoms with Gasteiger partial charge in [-0.05, 0) is 74.6 Å². The predicted octanol–water partition coefficient (Wildman–Crippen LogP) is 3.69. The van der Waals surface area contributed by atoms with Crippen LogP contribution in [0.1, 0.15) is 48.5 Å². The molecule has 2 saturated carbocycles. The number of aryl methyl sites for hydroxylation is 1. The van der Waals surface area contributed by atoms with Crippen molar-refractivity contribution < 1.29 is 9.18 Å². The van der Waals surface area contributed by atoms with E-state index >= 15 is 0 Å². The van der Waals surface area contributed by atoms with E-state index in [1.165, 1.54) is 31.7 Å². The summed E-state index contributed by atoms with van der Waals surface area (Å²) in [4.78, 5) is 12.2. The van der Waals surface area contributed by atoms with Gasteiger partial charge >= 0.3 is 0 Å². The standard InChI is InChI=1S/C17H22FNO/c1-10-7-14(5-6-16(10)18)17(20)19-11(2)15-9-12-3-4-13(15)8-12/h5-7,11-13,15H,3-4,8-9H2,1-2H3,(H,19,20). The van der Waals surface area contributed by atoms with Crippen molar-refractivity contribution in [3.63, 3.8) is 0 Å². The third kappa shape index (κ3) is 2.46. The molecule has 1 N–H and O–H groups in total. The van der Waals surface area contributed by atoms with Gasteiger partial charge in [-0.15, -0.1) is 0 Å². The maximum absolute atomic E-state index is 13.2. The van der Waals surface area contributed by atoms with Crippen LogP contribution in [0, 0.1) is 30.5 Å². The van der Waals surface area contributed by atoms with Gasteiger partial charge in [0.1, 0.15) is 5.82 Å². The Morgan fingerprint density at radius 2 is 2.15 bits per heavy atom. The van der Waals surface area contributed by atoms with Gasteiger partial charge in [0, 0.05) is 11.6 Å². The van der Waals surface area contributed by atoms with E-state index in [0.29, 0.717) is 17.0 Å². The van der Waals surface area contributed by atoms with Gasteiger partial charge in [0.05, 0.1) is 0 Å². The Hall–Kier alpha value is -1.38. The van der Waals surface area contributed by atoms with E-state index in [0.717, 1.165) is 11.8 Å². The lowest BCUT2D eigenvalue weighted by Gasteiger charge is -2.28. The summed E-state index contributed by atoms with van der Waals surface area (Å²) in [7, 11) is 0. The van der Waals surface area contributed by atoms with Crippen LogP contribution in [0.5, 0.6) is 0 Å². The van der Waals surface area contributed by atoms with Gasteiger partial charge in [-0.1, -0.05) is 6.42 Å². The van der Waals surface area contributed by atoms with Crippen LogP contribution in [0.15, 0.2) is 18.2 Å². The highest BCUT2D eigenvalue weighted by Crippen LogP contribution is 2.49. The average Bonchev–Trinajstić information content (AvgIpc) is 3.04. The lowest BCUT2D eigenvalue weighted by Crippen LogP contribution is -2.40. The fourth-order valence-electron chi connectivity index (χ4n) is 4.09. The summed E-state index contributed by atoms with van der Waals surface area (Å²) in [5, 5.41) is 3.11. The second-order valence-electron chi connectivity index (χ2n) is 6.56. The molecule has 20 heavy (non-hydrogen) atoms. The summed E-state index contributed by atoms with van der Waals surface area (Å²) in [5.74, 6) is 1.97. The largest absolute Gasteiger partial charge is 0.349 e. The molecule has 2 bridgehead atoms. The molecule has 1 aromatic carbocycles. The predicted molar refractivity (Wildman–Crippen MR) is 77.0 cm³/mol. The van der Waals surface area contributed by atoms with Crippen molar-refractivity contribution >= 4 is 5.91 Å². The zero-order chi connectivity index (χ0) is 14.3. The summed E-state index contributed by atoms with van der Waals surface area (Å²) >= 11 is 0. The van der Waals surface area contributed by atoms with Crippen molar-refractivity contribution in [3.05, 3.63) is 35.1 Å². The van der Waals surface area contributed by atoms with Crippen LogP contribution in [-0.4, -0.2) is 11.9 Å². The molecule has 2 nitrogen and oxygen atoms in total. The molecule has 2 aliphatic rings. The lowest BCUT2D eigenvalue weighted by atomic mass is 9.84. The molecule has 1 amide bonds. The highest BCUT2D eigenvalue weighted by molar-refractivity contribution is 5.94. The van der Waals surface area contributed by atoms with Gasteiger partial charge in [0.2, 0.25) is 0 Å². The van der Waals surface area contributed by atoms with Crippen LogP contribution in [0.3, 0.4) is 0 Å². The van der Waals surface area contributed by atoms with E-state index in [-0.39, 0.29) is 17.8 Å². The molecule has 108 valence electrons. The minimum Gasteiger partial charge on any atom is -0.349 e. The smallest absolute Gasteiger partial charge is 0.251 e. The lowest BCUT2D eigenvalue weighted by molar-refractivity contribution is 0.0915. The SMILES string of the molecule is Cc1cc(C(=O)NC(C)C2CC3CCC2C3)ccc1F. The number of amides is 1. The van der Waals surface area contributed by atoms with Crippen molar-refractivity contribution in [1.29, 1.82) is 0 Å². The zero-order valence-electron chi connectivity index (χ0n) is 12.2. The first-order chi connectivity index (χ1) is 9.54. The summed E-state index contributed by atoms with van der Waals surface area (Å²) < 4.78 is 13.2. The minimum absolute atomic E-state index is 0.0802. The average molecular weight is 275 g/mol. The number of hydrogen-bond donors (Lipinski definition) is 1. The number of fused-ring (bicyclic) bond motifs is 2. The van der Waals surface area contributed by atoms with E-state index in [4.69, 9.17) is 0 Å². The Morgan fingerprint density at radius 3 is 2.75 bits per heavy atom. The van der Waals surface area contributed by atoms with E-state index in [9.17, 15) is 9.18 Å². The first kappa shape index (κ1) is 13.6. The Morgan fingerprint density at radius 1 is 1.35 bits per heavy atom. The Kier molecular flexibility index (Phi) is 3.53. The number of benzene rings is 1. The van der Waals surface area contributed by atoms with Gasteiger partial charge in [0.15, 0.2) is 0 Å². The number of carbonyl (C=O) groups is 1. The molecule has 0 aromatic heterocycles. The van der Waals surface area contributed by atoms with Crippen LogP contribution in [0.2, 0.25) is 0 Å². The van der Waals surface area contributed by atoms with Crippen molar-refractivity contribution in [2.24, 2.45) is 17.8 Å². The van der Waals surface area contributed by atoms with Crippen molar-refractivity contribution in [2.45, 2.75) is 45.6 Å². The van der Waals surface area contributed by atoms with Crippen LogP contribution in [0.25, 0.3) is 0 Å². The minimum atomic E-state index is -0.261. The number of hydrogen-bond acceptors (Lipinski definition) is 1. The van der Waals surface area contributed by atoms with Gasteiger partial charge < -0.3 is 5.32 Å². The molecule has 0 heterocycles. The molecule has 0 spiro atoms. The molecular weight excluding hydrogens is 253 g/mol. The molecule has 2 fully saturated rings. The molecule has 4 unspecified atom stereocenters. The van der Waals surface area contributed by atoms with Gasteiger partial charge in [0.25, 0.3) is 5.91 Å². The number of rotatable bonds is 3. The van der Waals surface area contributed by atoms with E-state index in [1.54, 1.807) is 19.1 Å². The molecule has 3 heteroatoms. The van der Waals surface area contributed by atoms with Gasteiger partial charge in [-0.25, -0.2) is 4.39 Å². The monoisotopic (exact) mass is 275 g/mol. The van der Waals surface area contributed by atoms with Gasteiger partial charge in [-0.3, -0.25) is 4.79 Å². The first-order valence-electron chi connectivity index (χ1n) is 7.61. The summed E-state index contributed by atoms with van der Waals surface area (Å²) in [6.45, 7) is 3.80. The van der Waals surface area contributed by atoms with Crippen LogP contribution in [0.4, 0.5) is 4.39 Å². The highest BCUT2D eigenvalue weighted by atomic mass is 19.1. The molecule has 3 rings (SSSR count). The molecule has 0 saturated heterocycles. The van der Waals surface area contributed by atoms with Crippen molar-refractivity contribution in [1.82, 2.24) is 5.32 Å². The molecule has 1 aromatic rings. The molecular formula is C17H22FNO. The zero-order valence-corrected chi connectivity index (χ0v) is 12.2. The van der Waals surface area contributed by atoms with Crippen molar-refractivity contribution in [2.75, 3.05) is 0 Å². The topological polar surface area (TPSA) is 29.1 Å². The number of nitrogens with one attached hydrogen (secondary N) is 1. The van der Waals surface area contributed by atoms with Crippen LogP contribution >= 0.6 is 0 Å². The molecule has 2 aliphatic carbocycles. The maximum atomic E-state index is 13.2. The van der Waals surface area contributed by atoms with E-state index in [2.05, 4.69) is 12.2 Å². The second-order valence-corrected chi connectivity index (χ2v) is 6.56. The molecule has 0 radical (unpaired) electrons. The van der Waals surface area contributed by atoms with Crippen molar-refractivity contribution in [3.8, 4) is 0 Å². The number of halogens is 1. The van der Waals surface area contributed by atoms with Gasteiger partial charge in [-0.2, -0.15) is 0 Å². The Bertz CT molecular complexity index is 528. The summed E-state index contributed by atoms with van der Waals surface area (Å²) in [6.07, 6.45) is 5.30. The summed E-state index contributed by atoms with van der Waals surface area (Å²) in [6, 6.07) is 4.76. The highest BCUT2D eigenvalue weighted by Gasteiger charge is 2.42. The maximum Gasteiger partial charge on any atom is 0.251 e. The summed E-state index contributed by atoms with van der Waals surface area (Å²) in [5.41, 5.74) is 1.07. The third-order valence-corrected chi connectivity index (χ3v) is 5.21. The number of carbonyl (C=O) groups excluding carboxylic acids is 1. The fourth-order valence-corrected chi connectivity index (χ4v) is 4.09. The fraction of sp³-hybridized carbons (Fsp3) is 0.588. The Balaban J connectivity index is 1.65. The van der Waals surface area contributed by atoms with Crippen LogP contribution in [-0.2, 0) is 0 Å². The first-order valence-corrected chi connectivity index (χ1v) is 7.61. The quantitative estimate of drug-likeness (QED) is 0.895. The van der Waals surface area contributed by atoms with Crippen LogP contribution < -0.4 is 5.32 Å². The normalized spacial score (nSPS) is 29.4. The molecule has 4 atom stereocenters. The Labute approximate surface area is 119 Å². The van der Waals surface area contributed by atoms with E-state index in [1.807, 2.05) is 0 Å². The third-order valence-electron chi connectivity index (χ3n) is 5.21. The van der Waals surface area contributed by atoms with E-state index < -0.39 is 0 Å².